The van der Waals surface area contributed by atoms with E-state index in [0.717, 1.165) is 30.5 Å². The van der Waals surface area contributed by atoms with Gasteiger partial charge < -0.3 is 31.9 Å². The molecule has 1 aromatic carbocycles. The quantitative estimate of drug-likeness (QED) is 0.222. The summed E-state index contributed by atoms with van der Waals surface area (Å²) in [5, 5.41) is 12.7. The number of nitrogens with zero attached hydrogens (tertiary/aromatic N) is 1. The first kappa shape index (κ1) is 32.5. The summed E-state index contributed by atoms with van der Waals surface area (Å²) in [6, 6.07) is 7.65. The van der Waals surface area contributed by atoms with Gasteiger partial charge in [-0.2, -0.15) is 0 Å². The Morgan fingerprint density at radius 1 is 1.16 bits per heavy atom. The van der Waals surface area contributed by atoms with Gasteiger partial charge in [0.1, 0.15) is 6.17 Å². The van der Waals surface area contributed by atoms with Gasteiger partial charge in [0, 0.05) is 37.6 Å². The minimum absolute atomic E-state index is 0.0335. The zero-order chi connectivity index (χ0) is 28.3. The highest BCUT2D eigenvalue weighted by molar-refractivity contribution is 5.86. The maximum atomic E-state index is 11.7. The molecule has 1 saturated heterocycles. The number of nitrogens with two attached hydrogens (primary N) is 1. The fourth-order valence-corrected chi connectivity index (χ4v) is 4.20. The number of nitrogens with one attached hydrogen (secondary N) is 4. The number of ketones is 1. The highest BCUT2D eigenvalue weighted by Gasteiger charge is 2.18. The van der Waals surface area contributed by atoms with E-state index in [4.69, 9.17) is 0 Å². The maximum Gasteiger partial charge on any atom is 0.217 e. The summed E-state index contributed by atoms with van der Waals surface area (Å²) in [6.07, 6.45) is 12.6. The van der Waals surface area contributed by atoms with E-state index in [2.05, 4.69) is 70.2 Å². The molecule has 8 nitrogen and oxygen atoms in total. The molecule has 1 fully saturated rings. The molecule has 6 N–H and O–H groups in total. The molecule has 2 heterocycles. The number of hydrogen-bond acceptors (Lipinski definition) is 7. The minimum atomic E-state index is -0.466. The molecule has 0 bridgehead atoms. The van der Waals surface area contributed by atoms with Gasteiger partial charge in [0.05, 0.1) is 6.04 Å². The molecule has 210 valence electrons. The zero-order valence-electron chi connectivity index (χ0n) is 23.7. The lowest BCUT2D eigenvalue weighted by molar-refractivity contribution is -0.125. The average molecular weight is 525 g/mol. The van der Waals surface area contributed by atoms with Crippen molar-refractivity contribution in [1.29, 1.82) is 0 Å². The minimum Gasteiger partial charge on any atom is -0.405 e. The van der Waals surface area contributed by atoms with E-state index in [1.54, 1.807) is 0 Å². The lowest BCUT2D eigenvalue weighted by atomic mass is 10.0. The monoisotopic (exact) mass is 524 g/mol. The van der Waals surface area contributed by atoms with Gasteiger partial charge in [-0.05, 0) is 82.9 Å². The average Bonchev–Trinajstić information content (AvgIpc) is 3.58. The Bertz CT molecular complexity index is 933. The van der Waals surface area contributed by atoms with E-state index in [1.165, 1.54) is 57.4 Å². The molecule has 2 atom stereocenters. The van der Waals surface area contributed by atoms with Crippen LogP contribution in [0.25, 0.3) is 0 Å². The molecule has 8 heteroatoms. The van der Waals surface area contributed by atoms with Gasteiger partial charge >= 0.3 is 0 Å². The molecular formula is C30H48N6O2. The van der Waals surface area contributed by atoms with Crippen LogP contribution in [0.1, 0.15) is 63.7 Å². The van der Waals surface area contributed by atoms with Gasteiger partial charge in [0.15, 0.2) is 5.78 Å². The number of carbonyl (C=O) groups is 2. The number of amides is 1. The van der Waals surface area contributed by atoms with Crippen LogP contribution in [0.2, 0.25) is 0 Å². The smallest absolute Gasteiger partial charge is 0.217 e. The second-order valence-electron chi connectivity index (χ2n) is 9.40. The summed E-state index contributed by atoms with van der Waals surface area (Å²) in [5.41, 5.74) is 9.35. The third-order valence-corrected chi connectivity index (χ3v) is 6.21. The van der Waals surface area contributed by atoms with Gasteiger partial charge in [-0.25, -0.2) is 0 Å². The van der Waals surface area contributed by atoms with Crippen LogP contribution in [0.4, 0.5) is 0 Å². The molecule has 2 aliphatic heterocycles. The topological polar surface area (TPSA) is 112 Å². The fraction of sp³-hybridized carbons (Fsp3) is 0.467. The van der Waals surface area contributed by atoms with E-state index in [1.807, 2.05) is 31.5 Å². The Kier molecular flexibility index (Phi) is 16.0. The van der Waals surface area contributed by atoms with Gasteiger partial charge in [-0.3, -0.25) is 9.59 Å². The predicted molar refractivity (Wildman–Crippen MR) is 158 cm³/mol. The maximum absolute atomic E-state index is 11.7. The van der Waals surface area contributed by atoms with Crippen molar-refractivity contribution in [3.05, 3.63) is 84.5 Å². The van der Waals surface area contributed by atoms with E-state index in [-0.39, 0.29) is 17.9 Å². The summed E-state index contributed by atoms with van der Waals surface area (Å²) in [7, 11) is 1.96. The van der Waals surface area contributed by atoms with Crippen molar-refractivity contribution in [3.63, 3.8) is 0 Å². The summed E-state index contributed by atoms with van der Waals surface area (Å²) < 4.78 is 0. The van der Waals surface area contributed by atoms with Crippen molar-refractivity contribution in [1.82, 2.24) is 26.2 Å². The molecule has 0 spiro atoms. The largest absolute Gasteiger partial charge is 0.405 e. The van der Waals surface area contributed by atoms with E-state index >= 15 is 0 Å². The van der Waals surface area contributed by atoms with Gasteiger partial charge in [0.2, 0.25) is 5.91 Å². The second-order valence-corrected chi connectivity index (χ2v) is 9.40. The van der Waals surface area contributed by atoms with Crippen LogP contribution >= 0.6 is 0 Å². The zero-order valence-corrected chi connectivity index (χ0v) is 23.7. The van der Waals surface area contributed by atoms with Crippen molar-refractivity contribution in [2.24, 2.45) is 5.73 Å². The molecular weight excluding hydrogens is 476 g/mol. The first-order valence-electron chi connectivity index (χ1n) is 13.3. The van der Waals surface area contributed by atoms with Crippen LogP contribution in [-0.2, 0) is 16.0 Å². The van der Waals surface area contributed by atoms with Crippen LogP contribution in [0.3, 0.4) is 0 Å². The van der Waals surface area contributed by atoms with Crippen molar-refractivity contribution in [2.75, 3.05) is 26.7 Å². The highest BCUT2D eigenvalue weighted by Crippen LogP contribution is 2.19. The predicted octanol–water partition coefficient (Wildman–Crippen LogP) is 3.62. The molecule has 1 aromatic rings. The van der Waals surface area contributed by atoms with Crippen LogP contribution in [0, 0.1) is 0 Å². The summed E-state index contributed by atoms with van der Waals surface area (Å²) in [4.78, 5) is 25.3. The summed E-state index contributed by atoms with van der Waals surface area (Å²) in [6.45, 7) is 15.4. The lowest BCUT2D eigenvalue weighted by Gasteiger charge is -2.17. The van der Waals surface area contributed by atoms with Crippen LogP contribution < -0.4 is 27.0 Å². The number of likely N-dealkylation sites (tertiary alicyclic amines) is 1. The fourth-order valence-electron chi connectivity index (χ4n) is 4.20. The molecule has 0 aromatic heterocycles. The standard InChI is InChI=1S/C19H28N4O2.C9H15N.C2H5N/c1-13(24)18(22-14(2)25)11-15-6-8-16(9-7-15)19-21-12-17(23-19)5-4-10-20-3;1-3-6-9(2)10-7-4-5-8-10;1-2-3/h6-9,12,18-21,23H,4-5,10-11H2,1-3H3,(H,22,25);3,6H,1,4-5,7-8H2,2H3;2H,1,3H2/b;9-6+;. The summed E-state index contributed by atoms with van der Waals surface area (Å²) in [5.74, 6) is -0.220. The molecule has 2 aliphatic rings. The number of allylic oxidation sites excluding steroid dienone is 4. The Hall–Kier alpha value is -3.52. The van der Waals surface area contributed by atoms with Gasteiger partial charge in [-0.1, -0.05) is 43.5 Å². The number of hydrogen-bond donors (Lipinski definition) is 5. The SMILES string of the molecule is C=C/C=C(\C)N1CCCC1.C=CN.CNCCCC1=CNC(c2ccc(CC(NC(C)=O)C(C)=O)cc2)N1. The van der Waals surface area contributed by atoms with Gasteiger partial charge in [-0.15, -0.1) is 0 Å². The third-order valence-electron chi connectivity index (χ3n) is 6.21. The Balaban J connectivity index is 0.000000459. The van der Waals surface area contributed by atoms with Crippen molar-refractivity contribution in [2.45, 2.75) is 65.1 Å². The molecule has 38 heavy (non-hydrogen) atoms. The number of benzene rings is 1. The first-order valence-corrected chi connectivity index (χ1v) is 13.3. The molecule has 1 amide bonds. The lowest BCUT2D eigenvalue weighted by Crippen LogP contribution is -2.40. The molecule has 2 unspecified atom stereocenters. The van der Waals surface area contributed by atoms with E-state index < -0.39 is 6.04 Å². The molecule has 0 saturated carbocycles. The van der Waals surface area contributed by atoms with Crippen molar-refractivity contribution < 1.29 is 9.59 Å². The van der Waals surface area contributed by atoms with E-state index in [9.17, 15) is 9.59 Å². The van der Waals surface area contributed by atoms with Crippen molar-refractivity contribution in [3.8, 4) is 0 Å². The van der Waals surface area contributed by atoms with Crippen LogP contribution in [0.15, 0.2) is 73.4 Å². The Labute approximate surface area is 229 Å². The van der Waals surface area contributed by atoms with Crippen LogP contribution in [0.5, 0.6) is 0 Å². The normalized spacial score (nSPS) is 16.8. The first-order chi connectivity index (χ1) is 18.2. The number of rotatable bonds is 11. The Morgan fingerprint density at radius 3 is 2.32 bits per heavy atom. The van der Waals surface area contributed by atoms with Crippen molar-refractivity contribution >= 4 is 11.7 Å². The second kappa shape index (κ2) is 18.7. The molecule has 3 rings (SSSR count). The third kappa shape index (κ3) is 12.6. The van der Waals surface area contributed by atoms with Gasteiger partial charge in [0.25, 0.3) is 0 Å². The number of carbonyl (C=O) groups excluding carboxylic acids is 2. The molecule has 0 radical (unpaired) electrons. The summed E-state index contributed by atoms with van der Waals surface area (Å²) >= 11 is 0. The van der Waals surface area contributed by atoms with E-state index in [0.29, 0.717) is 6.42 Å². The number of Topliss-reactive ketones (excluding diaryl/α,β-unsaturated/α-hetero) is 1. The highest BCUT2D eigenvalue weighted by atomic mass is 16.2. The van der Waals surface area contributed by atoms with Crippen LogP contribution in [-0.4, -0.2) is 49.3 Å². The Morgan fingerprint density at radius 2 is 1.79 bits per heavy atom. The molecule has 0 aliphatic carbocycles.